The molecule has 0 N–H and O–H groups in total. The van der Waals surface area contributed by atoms with Gasteiger partial charge in [-0.1, -0.05) is 36.1 Å². The van der Waals surface area contributed by atoms with E-state index in [-0.39, 0.29) is 12.8 Å². The normalized spacial score (nSPS) is 49.1. The summed E-state index contributed by atoms with van der Waals surface area (Å²) < 4.78 is 26.5. The van der Waals surface area contributed by atoms with Crippen molar-refractivity contribution < 1.29 is 8.78 Å². The fourth-order valence-corrected chi connectivity index (χ4v) is 7.11. The van der Waals surface area contributed by atoms with E-state index in [4.69, 9.17) is 0 Å². The lowest BCUT2D eigenvalue weighted by molar-refractivity contribution is -0.0107. The smallest absolute Gasteiger partial charge is 0.138 e. The van der Waals surface area contributed by atoms with E-state index in [1.807, 2.05) is 0 Å². The maximum atomic E-state index is 13.3. The molecule has 2 heteroatoms. The average Bonchev–Trinajstić information content (AvgIpc) is 3.16. The first kappa shape index (κ1) is 20.4. The maximum absolute atomic E-state index is 13.3. The standard InChI is InChI=1S/C10H16.C8H10F2.C8H12/c1-7-8(2)10(4)5-9(7,3)6-10;1-5-6(2)8(10)3-7(5,9)4-8;1-5-6(2)8-3-7(5)4-8/h5-6H2,1-4H3;3-4H2,1-2H3;7-8H,3-4H2,1-2H3. The van der Waals surface area contributed by atoms with Crippen LogP contribution in [0.4, 0.5) is 8.78 Å². The van der Waals surface area contributed by atoms with Crippen molar-refractivity contribution in [1.82, 2.24) is 0 Å². The van der Waals surface area contributed by atoms with Crippen molar-refractivity contribution in [3.05, 3.63) is 33.4 Å². The van der Waals surface area contributed by atoms with E-state index >= 15 is 0 Å². The maximum Gasteiger partial charge on any atom is 0.138 e. The van der Waals surface area contributed by atoms with E-state index in [2.05, 4.69) is 41.5 Å². The van der Waals surface area contributed by atoms with E-state index < -0.39 is 11.3 Å². The molecular formula is C26H38F2. The van der Waals surface area contributed by atoms with E-state index in [0.29, 0.717) is 22.0 Å². The van der Waals surface area contributed by atoms with Crippen LogP contribution in [0, 0.1) is 22.7 Å². The molecule has 6 bridgehead atoms. The SMILES string of the molecule is CC1=C(C)C2(C)CC1(C)C2.CC1=C(C)C2(F)CC1(F)C2.CC1=C(C)C2CC1C2. The Morgan fingerprint density at radius 3 is 1.00 bits per heavy atom. The van der Waals surface area contributed by atoms with Gasteiger partial charge in [0.15, 0.2) is 0 Å². The molecule has 0 spiro atoms. The van der Waals surface area contributed by atoms with Gasteiger partial charge in [-0.15, -0.1) is 0 Å². The monoisotopic (exact) mass is 388 g/mol. The van der Waals surface area contributed by atoms with Gasteiger partial charge in [-0.2, -0.15) is 0 Å². The van der Waals surface area contributed by atoms with Gasteiger partial charge in [-0.05, 0) is 101 Å². The highest BCUT2D eigenvalue weighted by atomic mass is 19.2. The van der Waals surface area contributed by atoms with Crippen molar-refractivity contribution in [2.75, 3.05) is 0 Å². The molecule has 9 rings (SSSR count). The summed E-state index contributed by atoms with van der Waals surface area (Å²) in [5.41, 5.74) is 6.72. The summed E-state index contributed by atoms with van der Waals surface area (Å²) in [5, 5.41) is 0. The molecule has 0 atom stereocenters. The van der Waals surface area contributed by atoms with Crippen LogP contribution in [0.3, 0.4) is 0 Å². The Labute approximate surface area is 170 Å². The Balaban J connectivity index is 0.000000104. The van der Waals surface area contributed by atoms with E-state index in [0.717, 1.165) is 11.8 Å². The molecule has 0 amide bonds. The van der Waals surface area contributed by atoms with Crippen molar-refractivity contribution in [1.29, 1.82) is 0 Å². The number of rotatable bonds is 0. The summed E-state index contributed by atoms with van der Waals surface area (Å²) in [6.07, 6.45) is 5.96. The lowest BCUT2D eigenvalue weighted by Crippen LogP contribution is -2.44. The molecule has 0 heterocycles. The van der Waals surface area contributed by atoms with Crippen molar-refractivity contribution in [3.63, 3.8) is 0 Å². The first-order valence-corrected chi connectivity index (χ1v) is 11.2. The predicted molar refractivity (Wildman–Crippen MR) is 114 cm³/mol. The van der Waals surface area contributed by atoms with Crippen LogP contribution in [0.15, 0.2) is 33.4 Å². The van der Waals surface area contributed by atoms with Gasteiger partial charge in [0.25, 0.3) is 0 Å². The number of allylic oxidation sites excluding steroid dienone is 6. The lowest BCUT2D eigenvalue weighted by Gasteiger charge is -2.45. The number of hydrogen-bond acceptors (Lipinski definition) is 0. The molecule has 0 aliphatic heterocycles. The quantitative estimate of drug-likeness (QED) is 0.368. The van der Waals surface area contributed by atoms with Crippen molar-refractivity contribution in [2.45, 2.75) is 105 Å². The first-order valence-electron chi connectivity index (χ1n) is 11.2. The molecule has 3 fully saturated rings. The zero-order chi connectivity index (χ0) is 20.9. The Morgan fingerprint density at radius 2 is 0.893 bits per heavy atom. The molecule has 156 valence electrons. The molecule has 0 aromatic heterocycles. The van der Waals surface area contributed by atoms with Gasteiger partial charge in [0.1, 0.15) is 11.3 Å². The van der Waals surface area contributed by atoms with Crippen LogP contribution in [0.25, 0.3) is 0 Å². The average molecular weight is 389 g/mol. The van der Waals surface area contributed by atoms with Gasteiger partial charge in [0.05, 0.1) is 0 Å². The highest BCUT2D eigenvalue weighted by Gasteiger charge is 2.65. The molecule has 0 radical (unpaired) electrons. The van der Waals surface area contributed by atoms with Gasteiger partial charge in [0.2, 0.25) is 0 Å². The van der Waals surface area contributed by atoms with Crippen LogP contribution in [-0.4, -0.2) is 11.3 Å². The molecular weight excluding hydrogens is 350 g/mol. The minimum absolute atomic E-state index is 0.0810. The summed E-state index contributed by atoms with van der Waals surface area (Å²) in [4.78, 5) is 0. The third-order valence-corrected chi connectivity index (χ3v) is 9.95. The largest absolute Gasteiger partial charge is 0.239 e. The summed E-state index contributed by atoms with van der Waals surface area (Å²) in [6.45, 7) is 17.4. The number of hydrogen-bond donors (Lipinski definition) is 0. The Morgan fingerprint density at radius 1 is 0.571 bits per heavy atom. The number of halogens is 2. The Kier molecular flexibility index (Phi) is 4.23. The van der Waals surface area contributed by atoms with Crippen LogP contribution >= 0.6 is 0 Å². The Hall–Kier alpha value is -0.920. The molecule has 9 aliphatic rings. The molecule has 0 aromatic rings. The van der Waals surface area contributed by atoms with E-state index in [1.54, 1.807) is 36.1 Å². The first-order chi connectivity index (χ1) is 12.7. The van der Waals surface area contributed by atoms with Crippen LogP contribution < -0.4 is 0 Å². The van der Waals surface area contributed by atoms with E-state index in [1.165, 1.54) is 25.7 Å². The van der Waals surface area contributed by atoms with Gasteiger partial charge in [-0.25, -0.2) is 8.78 Å². The third kappa shape index (κ3) is 2.58. The van der Waals surface area contributed by atoms with Crippen LogP contribution in [0.5, 0.6) is 0 Å². The fraction of sp³-hybridized carbons (Fsp3) is 0.769. The van der Waals surface area contributed by atoms with Gasteiger partial charge >= 0.3 is 0 Å². The van der Waals surface area contributed by atoms with E-state index in [9.17, 15) is 8.78 Å². The van der Waals surface area contributed by atoms with Crippen LogP contribution in [0.2, 0.25) is 0 Å². The molecule has 0 aromatic carbocycles. The zero-order valence-electron chi connectivity index (χ0n) is 19.2. The second-order valence-corrected chi connectivity index (χ2v) is 11.5. The summed E-state index contributed by atoms with van der Waals surface area (Å²) in [5.74, 6) is 2.03. The molecule has 0 saturated heterocycles. The molecule has 9 aliphatic carbocycles. The zero-order valence-corrected chi connectivity index (χ0v) is 19.2. The Bertz CT molecular complexity index is 693. The molecule has 28 heavy (non-hydrogen) atoms. The van der Waals surface area contributed by atoms with Crippen LogP contribution in [0.1, 0.15) is 93.9 Å². The molecule has 0 nitrogen and oxygen atoms in total. The second kappa shape index (κ2) is 5.82. The predicted octanol–water partition coefficient (Wildman–Crippen LogP) is 8.05. The summed E-state index contributed by atoms with van der Waals surface area (Å²) in [6, 6.07) is 0. The minimum atomic E-state index is -1.27. The molecule has 3 saturated carbocycles. The third-order valence-electron chi connectivity index (χ3n) is 9.95. The van der Waals surface area contributed by atoms with Crippen molar-refractivity contribution in [2.24, 2.45) is 22.7 Å². The lowest BCUT2D eigenvalue weighted by atomic mass is 9.59. The topological polar surface area (TPSA) is 0 Å². The molecule has 0 unspecified atom stereocenters. The highest BCUT2D eigenvalue weighted by Crippen LogP contribution is 2.68. The van der Waals surface area contributed by atoms with Crippen molar-refractivity contribution >= 4 is 0 Å². The number of alkyl halides is 2. The summed E-state index contributed by atoms with van der Waals surface area (Å²) in [7, 11) is 0. The van der Waals surface area contributed by atoms with Crippen molar-refractivity contribution in [3.8, 4) is 0 Å². The van der Waals surface area contributed by atoms with Gasteiger partial charge < -0.3 is 0 Å². The summed E-state index contributed by atoms with van der Waals surface area (Å²) >= 11 is 0. The van der Waals surface area contributed by atoms with Gasteiger partial charge in [0, 0.05) is 12.8 Å². The fourth-order valence-electron chi connectivity index (χ4n) is 7.11. The second-order valence-electron chi connectivity index (χ2n) is 11.5. The van der Waals surface area contributed by atoms with Gasteiger partial charge in [-0.3, -0.25) is 0 Å². The highest BCUT2D eigenvalue weighted by molar-refractivity contribution is 5.45. The minimum Gasteiger partial charge on any atom is -0.239 e. The van der Waals surface area contributed by atoms with Crippen LogP contribution in [-0.2, 0) is 0 Å².